The molecule has 0 fully saturated rings. The molecule has 2 heterocycles. The molecule has 0 saturated carbocycles. The second-order valence-electron chi connectivity index (χ2n) is 5.18. The minimum Gasteiger partial charge on any atom is -0.490 e. The van der Waals surface area contributed by atoms with Crippen LogP contribution in [0.2, 0.25) is 0 Å². The third-order valence-electron chi connectivity index (χ3n) is 3.76. The summed E-state index contributed by atoms with van der Waals surface area (Å²) in [6.07, 6.45) is 1.87. The van der Waals surface area contributed by atoms with Gasteiger partial charge in [0.15, 0.2) is 17.3 Å². The highest BCUT2D eigenvalue weighted by molar-refractivity contribution is 5.51. The molecule has 0 unspecified atom stereocenters. The molecule has 2 N–H and O–H groups in total. The van der Waals surface area contributed by atoms with E-state index in [1.807, 2.05) is 12.1 Å². The van der Waals surface area contributed by atoms with Gasteiger partial charge >= 0.3 is 0 Å². The number of nitrogens with one attached hydrogen (secondary N) is 2. The molecule has 0 spiro atoms. The molecule has 0 saturated heterocycles. The lowest BCUT2D eigenvalue weighted by molar-refractivity contribution is 0.296. The van der Waals surface area contributed by atoms with Crippen molar-refractivity contribution >= 4 is 5.82 Å². The molecule has 5 nitrogen and oxygen atoms in total. The molecule has 0 bridgehead atoms. The lowest BCUT2D eigenvalue weighted by Crippen LogP contribution is -2.04. The largest absolute Gasteiger partial charge is 0.490 e. The molecular weight excluding hydrogens is 266 g/mol. The Labute approximate surface area is 124 Å². The van der Waals surface area contributed by atoms with E-state index in [4.69, 9.17) is 9.47 Å². The molecule has 21 heavy (non-hydrogen) atoms. The van der Waals surface area contributed by atoms with Crippen LogP contribution >= 0.6 is 0 Å². The van der Waals surface area contributed by atoms with Crippen molar-refractivity contribution in [1.29, 1.82) is 0 Å². The van der Waals surface area contributed by atoms with Gasteiger partial charge in [-0.3, -0.25) is 5.10 Å². The Kier molecular flexibility index (Phi) is 3.99. The van der Waals surface area contributed by atoms with E-state index in [0.29, 0.717) is 19.8 Å². The third-order valence-corrected chi connectivity index (χ3v) is 3.76. The Hall–Kier alpha value is -2.17. The quantitative estimate of drug-likeness (QED) is 0.907. The van der Waals surface area contributed by atoms with E-state index < -0.39 is 0 Å². The number of hydrogen-bond acceptors (Lipinski definition) is 4. The van der Waals surface area contributed by atoms with Gasteiger partial charge in [-0.15, -0.1) is 0 Å². The van der Waals surface area contributed by atoms with E-state index in [2.05, 4.69) is 35.4 Å². The highest BCUT2D eigenvalue weighted by Crippen LogP contribution is 2.33. The van der Waals surface area contributed by atoms with Crippen LogP contribution in [-0.2, 0) is 13.0 Å². The predicted molar refractivity (Wildman–Crippen MR) is 82.1 cm³/mol. The number of ether oxygens (including phenoxy) is 2. The molecule has 0 amide bonds. The normalized spacial score (nSPS) is 13.8. The molecule has 0 atom stereocenters. The molecule has 1 aliphatic rings. The van der Waals surface area contributed by atoms with E-state index in [1.165, 1.54) is 11.3 Å². The second-order valence-corrected chi connectivity index (χ2v) is 5.18. The fraction of sp³-hybridized carbons (Fsp3) is 0.438. The van der Waals surface area contributed by atoms with E-state index >= 15 is 0 Å². The van der Waals surface area contributed by atoms with Crippen molar-refractivity contribution in [3.05, 3.63) is 35.0 Å². The third kappa shape index (κ3) is 2.82. The first-order valence-corrected chi connectivity index (χ1v) is 7.44. The molecule has 1 aromatic carbocycles. The lowest BCUT2D eigenvalue weighted by atomic mass is 10.1. The molecule has 5 heteroatoms. The first-order valence-electron chi connectivity index (χ1n) is 7.44. The van der Waals surface area contributed by atoms with Gasteiger partial charge in [-0.05, 0) is 19.4 Å². The van der Waals surface area contributed by atoms with Gasteiger partial charge in [-0.2, -0.15) is 5.10 Å². The monoisotopic (exact) mass is 287 g/mol. The fourth-order valence-corrected chi connectivity index (χ4v) is 2.52. The summed E-state index contributed by atoms with van der Waals surface area (Å²) in [6, 6.07) is 6.02. The number of aromatic nitrogens is 2. The number of H-pyrrole nitrogens is 1. The smallest absolute Gasteiger partial charge is 0.166 e. The number of para-hydroxylation sites is 1. The summed E-state index contributed by atoms with van der Waals surface area (Å²) in [7, 11) is 0. The second kappa shape index (κ2) is 6.08. The van der Waals surface area contributed by atoms with Gasteiger partial charge in [-0.25, -0.2) is 0 Å². The van der Waals surface area contributed by atoms with Gasteiger partial charge in [0.2, 0.25) is 0 Å². The van der Waals surface area contributed by atoms with Crippen molar-refractivity contribution in [2.75, 3.05) is 18.5 Å². The summed E-state index contributed by atoms with van der Waals surface area (Å²) in [5.41, 5.74) is 3.44. The number of fused-ring (bicyclic) bond motifs is 1. The van der Waals surface area contributed by atoms with Gasteiger partial charge in [0.25, 0.3) is 0 Å². The van der Waals surface area contributed by atoms with Crippen LogP contribution in [0.1, 0.15) is 30.2 Å². The van der Waals surface area contributed by atoms with Crippen molar-refractivity contribution in [2.45, 2.75) is 33.2 Å². The molecule has 112 valence electrons. The number of anilines is 1. The van der Waals surface area contributed by atoms with Crippen molar-refractivity contribution in [3.8, 4) is 11.5 Å². The van der Waals surface area contributed by atoms with Gasteiger partial charge in [-0.1, -0.05) is 19.1 Å². The molecular formula is C16H21N3O2. The van der Waals surface area contributed by atoms with E-state index in [-0.39, 0.29) is 0 Å². The predicted octanol–water partition coefficient (Wildman–Crippen LogP) is 3.05. The zero-order chi connectivity index (χ0) is 14.7. The van der Waals surface area contributed by atoms with Crippen molar-refractivity contribution in [2.24, 2.45) is 0 Å². The highest BCUT2D eigenvalue weighted by atomic mass is 16.5. The number of rotatable bonds is 4. The van der Waals surface area contributed by atoms with Crippen LogP contribution < -0.4 is 14.8 Å². The van der Waals surface area contributed by atoms with Crippen LogP contribution in [-0.4, -0.2) is 23.4 Å². The minimum absolute atomic E-state index is 0.668. The summed E-state index contributed by atoms with van der Waals surface area (Å²) in [4.78, 5) is 0. The van der Waals surface area contributed by atoms with Crippen LogP contribution in [0.25, 0.3) is 0 Å². The Bertz CT molecular complexity index is 622. The molecule has 1 aliphatic heterocycles. The average Bonchev–Trinajstić information content (AvgIpc) is 2.72. The number of aryl methyl sites for hydroxylation is 1. The Morgan fingerprint density at radius 3 is 2.95 bits per heavy atom. The summed E-state index contributed by atoms with van der Waals surface area (Å²) < 4.78 is 11.5. The number of aromatic amines is 1. The van der Waals surface area contributed by atoms with Crippen molar-refractivity contribution in [1.82, 2.24) is 10.2 Å². The van der Waals surface area contributed by atoms with E-state index in [9.17, 15) is 0 Å². The highest BCUT2D eigenvalue weighted by Gasteiger charge is 2.15. The molecule has 3 rings (SSSR count). The summed E-state index contributed by atoms with van der Waals surface area (Å²) in [5.74, 6) is 2.59. The minimum atomic E-state index is 0.668. The molecule has 2 aromatic rings. The first-order chi connectivity index (χ1) is 10.3. The maximum absolute atomic E-state index is 5.83. The van der Waals surface area contributed by atoms with Crippen LogP contribution in [0.4, 0.5) is 5.82 Å². The zero-order valence-corrected chi connectivity index (χ0v) is 12.5. The van der Waals surface area contributed by atoms with Gasteiger partial charge in [0.1, 0.15) is 0 Å². The lowest BCUT2D eigenvalue weighted by Gasteiger charge is -2.13. The number of benzene rings is 1. The fourth-order valence-electron chi connectivity index (χ4n) is 2.52. The molecule has 1 aromatic heterocycles. The molecule has 0 aliphatic carbocycles. The number of hydrogen-bond donors (Lipinski definition) is 2. The van der Waals surface area contributed by atoms with Gasteiger partial charge in [0, 0.05) is 29.8 Å². The van der Waals surface area contributed by atoms with E-state index in [1.54, 1.807) is 0 Å². The average molecular weight is 287 g/mol. The Balaban J connectivity index is 1.77. The van der Waals surface area contributed by atoms with Crippen molar-refractivity contribution in [3.63, 3.8) is 0 Å². The zero-order valence-electron chi connectivity index (χ0n) is 12.5. The topological polar surface area (TPSA) is 59.2 Å². The summed E-state index contributed by atoms with van der Waals surface area (Å²) >= 11 is 0. The van der Waals surface area contributed by atoms with E-state index in [0.717, 1.165) is 35.7 Å². The van der Waals surface area contributed by atoms with Crippen LogP contribution in [0.3, 0.4) is 0 Å². The maximum Gasteiger partial charge on any atom is 0.166 e. The Morgan fingerprint density at radius 1 is 1.29 bits per heavy atom. The maximum atomic E-state index is 5.83. The molecule has 0 radical (unpaired) electrons. The van der Waals surface area contributed by atoms with Gasteiger partial charge < -0.3 is 14.8 Å². The Morgan fingerprint density at radius 2 is 2.14 bits per heavy atom. The van der Waals surface area contributed by atoms with Crippen LogP contribution in [0, 0.1) is 6.92 Å². The standard InChI is InChI=1S/C16H21N3O2/c1-3-13-11(2)16(19-18-13)17-10-12-6-4-7-14-15(12)21-9-5-8-20-14/h4,6-7H,3,5,8-10H2,1-2H3,(H2,17,18,19). The summed E-state index contributed by atoms with van der Waals surface area (Å²) in [6.45, 7) is 6.28. The SMILES string of the molecule is CCc1[nH]nc(NCc2cccc3c2OCCCO3)c1C. The number of nitrogens with zero attached hydrogens (tertiary/aromatic N) is 1. The first kappa shape index (κ1) is 13.8. The van der Waals surface area contributed by atoms with Crippen LogP contribution in [0.15, 0.2) is 18.2 Å². The summed E-state index contributed by atoms with van der Waals surface area (Å²) in [5, 5.41) is 10.8. The van der Waals surface area contributed by atoms with Gasteiger partial charge in [0.05, 0.1) is 13.2 Å². The van der Waals surface area contributed by atoms with Crippen LogP contribution in [0.5, 0.6) is 11.5 Å². The van der Waals surface area contributed by atoms with Crippen molar-refractivity contribution < 1.29 is 9.47 Å².